The van der Waals surface area contributed by atoms with Crippen LogP contribution in [0.4, 0.5) is 8.78 Å². The monoisotopic (exact) mass is 402 g/mol. The lowest BCUT2D eigenvalue weighted by molar-refractivity contribution is -0.129. The predicted octanol–water partition coefficient (Wildman–Crippen LogP) is 3.18. The number of halogens is 3. The number of rotatable bonds is 5. The summed E-state index contributed by atoms with van der Waals surface area (Å²) < 4.78 is 26.8. The van der Waals surface area contributed by atoms with Crippen LogP contribution in [0.25, 0.3) is 0 Å². The zero-order valence-electron chi connectivity index (χ0n) is 12.1. The SMILES string of the molecule is CN(Cc1ccc(F)c(F)c1)C(=O)CNC(=O)c1ccc(Br)s1. The van der Waals surface area contributed by atoms with Crippen LogP contribution < -0.4 is 5.32 Å². The Kier molecular flexibility index (Phi) is 5.84. The molecule has 23 heavy (non-hydrogen) atoms. The summed E-state index contributed by atoms with van der Waals surface area (Å²) in [6, 6.07) is 6.86. The summed E-state index contributed by atoms with van der Waals surface area (Å²) in [7, 11) is 1.53. The van der Waals surface area contributed by atoms with Gasteiger partial charge in [0.25, 0.3) is 5.91 Å². The van der Waals surface area contributed by atoms with Crippen LogP contribution in [-0.2, 0) is 11.3 Å². The molecule has 1 N–H and O–H groups in total. The van der Waals surface area contributed by atoms with Crippen LogP contribution >= 0.6 is 27.3 Å². The first-order valence-electron chi connectivity index (χ1n) is 6.58. The Morgan fingerprint density at radius 3 is 2.57 bits per heavy atom. The van der Waals surface area contributed by atoms with Crippen molar-refractivity contribution in [1.29, 1.82) is 0 Å². The molecule has 1 aromatic heterocycles. The van der Waals surface area contributed by atoms with Crippen molar-refractivity contribution >= 4 is 39.1 Å². The first-order valence-corrected chi connectivity index (χ1v) is 8.19. The zero-order valence-corrected chi connectivity index (χ0v) is 14.5. The van der Waals surface area contributed by atoms with E-state index in [1.54, 1.807) is 12.1 Å². The van der Waals surface area contributed by atoms with Crippen molar-refractivity contribution in [1.82, 2.24) is 10.2 Å². The van der Waals surface area contributed by atoms with E-state index in [9.17, 15) is 18.4 Å². The third kappa shape index (κ3) is 4.84. The van der Waals surface area contributed by atoms with Crippen molar-refractivity contribution < 1.29 is 18.4 Å². The normalized spacial score (nSPS) is 10.4. The van der Waals surface area contributed by atoms with Crippen molar-refractivity contribution in [2.75, 3.05) is 13.6 Å². The molecule has 0 radical (unpaired) electrons. The standard InChI is InChI=1S/C15H13BrF2N2O2S/c1-20(8-9-2-3-10(17)11(18)6-9)14(21)7-19-15(22)12-4-5-13(16)23-12/h2-6H,7-8H2,1H3,(H,19,22). The van der Waals surface area contributed by atoms with Crippen LogP contribution in [0, 0.1) is 11.6 Å². The molecule has 0 aliphatic carbocycles. The van der Waals surface area contributed by atoms with E-state index in [2.05, 4.69) is 21.2 Å². The highest BCUT2D eigenvalue weighted by Crippen LogP contribution is 2.21. The lowest BCUT2D eigenvalue weighted by Crippen LogP contribution is -2.37. The van der Waals surface area contributed by atoms with E-state index >= 15 is 0 Å². The lowest BCUT2D eigenvalue weighted by atomic mass is 10.2. The molecular formula is C15H13BrF2N2O2S. The molecule has 0 atom stereocenters. The van der Waals surface area contributed by atoms with Crippen LogP contribution in [0.2, 0.25) is 0 Å². The molecule has 0 spiro atoms. The Balaban J connectivity index is 1.87. The maximum absolute atomic E-state index is 13.1. The maximum Gasteiger partial charge on any atom is 0.261 e. The number of likely N-dealkylation sites (N-methyl/N-ethyl adjacent to an activating group) is 1. The highest BCUT2D eigenvalue weighted by molar-refractivity contribution is 9.11. The van der Waals surface area contributed by atoms with Gasteiger partial charge >= 0.3 is 0 Å². The summed E-state index contributed by atoms with van der Waals surface area (Å²) in [6.07, 6.45) is 0. The summed E-state index contributed by atoms with van der Waals surface area (Å²) >= 11 is 4.52. The second-order valence-corrected chi connectivity index (χ2v) is 7.25. The second-order valence-electron chi connectivity index (χ2n) is 4.78. The third-order valence-corrected chi connectivity index (χ3v) is 4.65. The van der Waals surface area contributed by atoms with Gasteiger partial charge in [0.05, 0.1) is 15.2 Å². The summed E-state index contributed by atoms with van der Waals surface area (Å²) in [5.41, 5.74) is 0.466. The van der Waals surface area contributed by atoms with E-state index in [0.29, 0.717) is 10.4 Å². The third-order valence-electron chi connectivity index (χ3n) is 3.03. The molecule has 8 heteroatoms. The predicted molar refractivity (Wildman–Crippen MR) is 87.2 cm³/mol. The van der Waals surface area contributed by atoms with Gasteiger partial charge in [-0.05, 0) is 45.8 Å². The van der Waals surface area contributed by atoms with Gasteiger partial charge in [-0.15, -0.1) is 11.3 Å². The van der Waals surface area contributed by atoms with E-state index in [1.807, 2.05) is 0 Å². The summed E-state index contributed by atoms with van der Waals surface area (Å²) in [6.45, 7) is -0.0506. The van der Waals surface area contributed by atoms with E-state index in [-0.39, 0.29) is 24.9 Å². The quantitative estimate of drug-likeness (QED) is 0.834. The molecule has 1 heterocycles. The number of thiophene rings is 1. The van der Waals surface area contributed by atoms with Gasteiger partial charge in [-0.1, -0.05) is 6.07 Å². The molecule has 2 amide bonds. The minimum atomic E-state index is -0.958. The highest BCUT2D eigenvalue weighted by atomic mass is 79.9. The van der Waals surface area contributed by atoms with Gasteiger partial charge < -0.3 is 10.2 Å². The summed E-state index contributed by atoms with van der Waals surface area (Å²) in [5, 5.41) is 2.52. The zero-order chi connectivity index (χ0) is 17.0. The molecule has 2 rings (SSSR count). The Hall–Kier alpha value is -1.80. The topological polar surface area (TPSA) is 49.4 Å². The minimum absolute atomic E-state index is 0.121. The lowest BCUT2D eigenvalue weighted by Gasteiger charge is -2.17. The highest BCUT2D eigenvalue weighted by Gasteiger charge is 2.14. The molecule has 0 aliphatic rings. The first kappa shape index (κ1) is 17.6. The first-order chi connectivity index (χ1) is 10.9. The molecule has 0 unspecified atom stereocenters. The number of hydrogen-bond acceptors (Lipinski definition) is 3. The number of benzene rings is 1. The Labute approximate surface area is 144 Å². The Morgan fingerprint density at radius 2 is 1.96 bits per heavy atom. The van der Waals surface area contributed by atoms with Crippen molar-refractivity contribution in [2.45, 2.75) is 6.54 Å². The van der Waals surface area contributed by atoms with Gasteiger partial charge in [-0.3, -0.25) is 9.59 Å². The van der Waals surface area contributed by atoms with E-state index in [0.717, 1.165) is 15.9 Å². The molecule has 0 bridgehead atoms. The fourth-order valence-electron chi connectivity index (χ4n) is 1.81. The largest absolute Gasteiger partial charge is 0.342 e. The van der Waals surface area contributed by atoms with E-state index in [1.165, 1.54) is 29.4 Å². The fourth-order valence-corrected chi connectivity index (χ4v) is 3.12. The number of carbonyl (C=O) groups excluding carboxylic acids is 2. The van der Waals surface area contributed by atoms with Crippen LogP contribution in [0.15, 0.2) is 34.1 Å². The fraction of sp³-hybridized carbons (Fsp3) is 0.200. The van der Waals surface area contributed by atoms with Crippen LogP contribution in [-0.4, -0.2) is 30.3 Å². The van der Waals surface area contributed by atoms with Gasteiger partial charge in [0, 0.05) is 13.6 Å². The minimum Gasteiger partial charge on any atom is -0.342 e. The van der Waals surface area contributed by atoms with Gasteiger partial charge in [0.1, 0.15) is 0 Å². The summed E-state index contributed by atoms with van der Waals surface area (Å²) in [5.74, 6) is -2.56. The average molecular weight is 403 g/mol. The van der Waals surface area contributed by atoms with Crippen LogP contribution in [0.5, 0.6) is 0 Å². The maximum atomic E-state index is 13.1. The van der Waals surface area contributed by atoms with Crippen molar-refractivity contribution in [3.05, 3.63) is 56.2 Å². The van der Waals surface area contributed by atoms with Crippen molar-refractivity contribution in [2.24, 2.45) is 0 Å². The van der Waals surface area contributed by atoms with E-state index < -0.39 is 11.6 Å². The van der Waals surface area contributed by atoms with Crippen molar-refractivity contribution in [3.8, 4) is 0 Å². The van der Waals surface area contributed by atoms with Crippen LogP contribution in [0.3, 0.4) is 0 Å². The molecule has 0 saturated heterocycles. The average Bonchev–Trinajstić information content (AvgIpc) is 2.94. The van der Waals surface area contributed by atoms with Crippen molar-refractivity contribution in [3.63, 3.8) is 0 Å². The number of amides is 2. The number of hydrogen-bond donors (Lipinski definition) is 1. The smallest absolute Gasteiger partial charge is 0.261 e. The van der Waals surface area contributed by atoms with E-state index in [4.69, 9.17) is 0 Å². The molecule has 2 aromatic rings. The van der Waals surface area contributed by atoms with Crippen LogP contribution in [0.1, 0.15) is 15.2 Å². The van der Waals surface area contributed by atoms with Gasteiger partial charge in [-0.2, -0.15) is 0 Å². The number of carbonyl (C=O) groups is 2. The Bertz CT molecular complexity index is 736. The van der Waals surface area contributed by atoms with Gasteiger partial charge in [-0.25, -0.2) is 8.78 Å². The molecule has 0 saturated carbocycles. The molecule has 4 nitrogen and oxygen atoms in total. The number of nitrogens with zero attached hydrogens (tertiary/aromatic N) is 1. The molecule has 122 valence electrons. The number of nitrogens with one attached hydrogen (secondary N) is 1. The van der Waals surface area contributed by atoms with Gasteiger partial charge in [0.2, 0.25) is 5.91 Å². The van der Waals surface area contributed by atoms with Gasteiger partial charge in [0.15, 0.2) is 11.6 Å². The molecule has 0 aliphatic heterocycles. The molecular weight excluding hydrogens is 390 g/mol. The molecule has 1 aromatic carbocycles. The Morgan fingerprint density at radius 1 is 1.22 bits per heavy atom. The molecule has 0 fully saturated rings. The second kappa shape index (κ2) is 7.65. The summed E-state index contributed by atoms with van der Waals surface area (Å²) in [4.78, 5) is 25.6.